The predicted octanol–water partition coefficient (Wildman–Crippen LogP) is 11.2. The Labute approximate surface area is 233 Å². The second kappa shape index (κ2) is 12.5. The van der Waals surface area contributed by atoms with E-state index in [1.807, 2.05) is 6.20 Å². The van der Waals surface area contributed by atoms with Crippen molar-refractivity contribution in [1.29, 1.82) is 0 Å². The molecule has 0 bridgehead atoms. The number of allylic oxidation sites excluding steroid dienone is 10. The molecule has 1 heteroatoms. The topological polar surface area (TPSA) is 12.9 Å². The summed E-state index contributed by atoms with van der Waals surface area (Å²) in [5.41, 5.74) is 8.50. The summed E-state index contributed by atoms with van der Waals surface area (Å²) in [7, 11) is 0. The fourth-order valence-corrected chi connectivity index (χ4v) is 6.23. The van der Waals surface area contributed by atoms with Crippen molar-refractivity contribution in [3.05, 3.63) is 94.9 Å². The number of hydrogen-bond donors (Lipinski definition) is 0. The van der Waals surface area contributed by atoms with E-state index in [4.69, 9.17) is 4.98 Å². The monoisotopic (exact) mass is 509 g/mol. The number of hydrogen-bond acceptors (Lipinski definition) is 1. The minimum atomic E-state index is -0.00905. The van der Waals surface area contributed by atoms with E-state index in [9.17, 15) is 0 Å². The molecule has 0 N–H and O–H groups in total. The van der Waals surface area contributed by atoms with Gasteiger partial charge in [0.05, 0.1) is 5.69 Å². The molecular formula is C37H51N. The number of nitrogens with zero attached hydrogens (tertiary/aromatic N) is 1. The first-order valence-corrected chi connectivity index (χ1v) is 14.8. The SMILES string of the molecule is C/C=C(C)\C=C(\C)CC.CCC=CC(C)(C(C)CC)C1CC=CC2=C1c1nccc3cccc(c13)C2(C)C. The van der Waals surface area contributed by atoms with E-state index in [0.717, 1.165) is 19.3 Å². The van der Waals surface area contributed by atoms with Gasteiger partial charge in [-0.25, -0.2) is 0 Å². The van der Waals surface area contributed by atoms with Crippen LogP contribution in [0.15, 0.2) is 83.6 Å². The molecule has 3 unspecified atom stereocenters. The molecule has 0 saturated carbocycles. The molecule has 4 rings (SSSR count). The Hall–Kier alpha value is -2.67. The Balaban J connectivity index is 0.000000383. The van der Waals surface area contributed by atoms with Gasteiger partial charge in [-0.1, -0.05) is 121 Å². The van der Waals surface area contributed by atoms with Gasteiger partial charge in [-0.15, -0.1) is 0 Å². The van der Waals surface area contributed by atoms with Gasteiger partial charge in [0.2, 0.25) is 0 Å². The molecule has 0 spiro atoms. The molecule has 0 radical (unpaired) electrons. The summed E-state index contributed by atoms with van der Waals surface area (Å²) >= 11 is 0. The normalized spacial score (nSPS) is 21.2. The molecule has 1 heterocycles. The highest BCUT2D eigenvalue weighted by Gasteiger charge is 2.45. The van der Waals surface area contributed by atoms with Crippen LogP contribution >= 0.6 is 0 Å². The number of rotatable bonds is 7. The van der Waals surface area contributed by atoms with Crippen molar-refractivity contribution < 1.29 is 0 Å². The zero-order chi connectivity index (χ0) is 28.1. The highest BCUT2D eigenvalue weighted by atomic mass is 14.7. The first kappa shape index (κ1) is 29.9. The van der Waals surface area contributed by atoms with Crippen molar-refractivity contribution in [3.8, 4) is 0 Å². The molecule has 0 fully saturated rings. The number of pyridine rings is 1. The zero-order valence-electron chi connectivity index (χ0n) is 25.8. The lowest BCUT2D eigenvalue weighted by Gasteiger charge is -2.47. The van der Waals surface area contributed by atoms with E-state index in [1.54, 1.807) is 0 Å². The van der Waals surface area contributed by atoms with Crippen molar-refractivity contribution in [1.82, 2.24) is 4.98 Å². The smallest absolute Gasteiger partial charge is 0.0749 e. The van der Waals surface area contributed by atoms with Crippen LogP contribution in [0.5, 0.6) is 0 Å². The molecule has 1 aromatic heterocycles. The number of aromatic nitrogens is 1. The van der Waals surface area contributed by atoms with Crippen LogP contribution in [0.1, 0.15) is 106 Å². The molecule has 1 nitrogen and oxygen atoms in total. The lowest BCUT2D eigenvalue weighted by molar-refractivity contribution is 0.199. The molecule has 0 aliphatic heterocycles. The largest absolute Gasteiger partial charge is 0.256 e. The summed E-state index contributed by atoms with van der Waals surface area (Å²) in [5, 5.41) is 2.68. The summed E-state index contributed by atoms with van der Waals surface area (Å²) in [6, 6.07) is 8.91. The van der Waals surface area contributed by atoms with Crippen molar-refractivity contribution >= 4 is 16.3 Å². The predicted molar refractivity (Wildman–Crippen MR) is 169 cm³/mol. The van der Waals surface area contributed by atoms with Gasteiger partial charge in [-0.05, 0) is 85.4 Å². The summed E-state index contributed by atoms with van der Waals surface area (Å²) in [6.45, 7) is 22.8. The average Bonchev–Trinajstić information content (AvgIpc) is 2.93. The number of fused-ring (bicyclic) bond motifs is 1. The lowest BCUT2D eigenvalue weighted by Crippen LogP contribution is -2.37. The van der Waals surface area contributed by atoms with Gasteiger partial charge in [0, 0.05) is 17.0 Å². The van der Waals surface area contributed by atoms with E-state index < -0.39 is 0 Å². The number of benzene rings is 1. The standard InChI is InChI=1S/C28H35N.C9H16/c1-7-9-17-28(6,19(3)8-2)23-15-11-14-22-25(23)26-24-20(16-18-29-26)12-10-13-21(24)27(22,4)5;1-5-8(3)7-9(4)6-2/h9-14,16-19,23H,7-8,15H2,1-6H3;5,7H,6H2,1-4H3/b;8-5-,9-7-. The molecule has 2 aliphatic rings. The van der Waals surface area contributed by atoms with Crippen LogP contribution in [0.3, 0.4) is 0 Å². The van der Waals surface area contributed by atoms with E-state index in [2.05, 4.69) is 130 Å². The molecular weight excluding hydrogens is 458 g/mol. The van der Waals surface area contributed by atoms with Gasteiger partial charge < -0.3 is 0 Å². The third-order valence-electron chi connectivity index (χ3n) is 9.31. The average molecular weight is 510 g/mol. The Morgan fingerprint density at radius 2 is 1.89 bits per heavy atom. The van der Waals surface area contributed by atoms with Gasteiger partial charge in [-0.3, -0.25) is 4.98 Å². The summed E-state index contributed by atoms with van der Waals surface area (Å²) in [6.07, 6.45) is 20.6. The Bertz CT molecular complexity index is 1270. The van der Waals surface area contributed by atoms with Crippen LogP contribution in [0, 0.1) is 17.3 Å². The minimum Gasteiger partial charge on any atom is -0.256 e. The summed E-state index contributed by atoms with van der Waals surface area (Å²) in [5.74, 6) is 1.06. The Kier molecular flexibility index (Phi) is 9.80. The maximum atomic E-state index is 5.00. The summed E-state index contributed by atoms with van der Waals surface area (Å²) < 4.78 is 0. The minimum absolute atomic E-state index is 0.00905. The van der Waals surface area contributed by atoms with Gasteiger partial charge in [-0.2, -0.15) is 0 Å². The van der Waals surface area contributed by atoms with Crippen molar-refractivity contribution in [2.75, 3.05) is 0 Å². The first-order chi connectivity index (χ1) is 18.1. The van der Waals surface area contributed by atoms with Gasteiger partial charge in [0.25, 0.3) is 0 Å². The fourth-order valence-electron chi connectivity index (χ4n) is 6.23. The Morgan fingerprint density at radius 3 is 2.53 bits per heavy atom. The van der Waals surface area contributed by atoms with E-state index in [1.165, 1.54) is 50.7 Å². The second-order valence-electron chi connectivity index (χ2n) is 12.1. The van der Waals surface area contributed by atoms with Crippen LogP contribution in [-0.2, 0) is 5.41 Å². The van der Waals surface area contributed by atoms with Crippen molar-refractivity contribution in [3.63, 3.8) is 0 Å². The molecule has 3 atom stereocenters. The van der Waals surface area contributed by atoms with E-state index >= 15 is 0 Å². The van der Waals surface area contributed by atoms with Crippen LogP contribution < -0.4 is 0 Å². The van der Waals surface area contributed by atoms with Crippen LogP contribution in [0.2, 0.25) is 0 Å². The maximum absolute atomic E-state index is 5.00. The zero-order valence-corrected chi connectivity index (χ0v) is 25.8. The molecule has 1 aromatic carbocycles. The van der Waals surface area contributed by atoms with Crippen LogP contribution in [-0.4, -0.2) is 4.98 Å². The fraction of sp³-hybridized carbons (Fsp3) is 0.486. The van der Waals surface area contributed by atoms with E-state index in [-0.39, 0.29) is 10.8 Å². The molecule has 2 aliphatic carbocycles. The molecule has 38 heavy (non-hydrogen) atoms. The lowest BCUT2D eigenvalue weighted by atomic mass is 9.57. The summed E-state index contributed by atoms with van der Waals surface area (Å²) in [4.78, 5) is 5.00. The third-order valence-corrected chi connectivity index (χ3v) is 9.31. The third kappa shape index (κ3) is 5.68. The highest BCUT2D eigenvalue weighted by molar-refractivity contribution is 6.00. The van der Waals surface area contributed by atoms with Crippen molar-refractivity contribution in [2.45, 2.75) is 100 Å². The van der Waals surface area contributed by atoms with Crippen molar-refractivity contribution in [2.24, 2.45) is 17.3 Å². The van der Waals surface area contributed by atoms with Gasteiger partial charge in [0.15, 0.2) is 0 Å². The molecule has 204 valence electrons. The van der Waals surface area contributed by atoms with Crippen LogP contribution in [0.25, 0.3) is 16.3 Å². The van der Waals surface area contributed by atoms with Gasteiger partial charge >= 0.3 is 0 Å². The Morgan fingerprint density at radius 1 is 1.16 bits per heavy atom. The van der Waals surface area contributed by atoms with Crippen LogP contribution in [0.4, 0.5) is 0 Å². The quantitative estimate of drug-likeness (QED) is 0.267. The highest BCUT2D eigenvalue weighted by Crippen LogP contribution is 2.56. The maximum Gasteiger partial charge on any atom is 0.0749 e. The second-order valence-corrected chi connectivity index (χ2v) is 12.1. The first-order valence-electron chi connectivity index (χ1n) is 14.8. The van der Waals surface area contributed by atoms with Gasteiger partial charge in [0.1, 0.15) is 0 Å². The molecule has 2 aromatic rings. The molecule has 0 amide bonds. The molecule has 0 saturated heterocycles. The van der Waals surface area contributed by atoms with E-state index in [0.29, 0.717) is 11.8 Å².